The minimum Gasteiger partial charge on any atom is -0.311 e. The van der Waals surface area contributed by atoms with Crippen LogP contribution in [0.25, 0.3) is 0 Å². The van der Waals surface area contributed by atoms with Crippen molar-refractivity contribution in [1.29, 1.82) is 0 Å². The van der Waals surface area contributed by atoms with Crippen molar-refractivity contribution in [2.45, 2.75) is 19.9 Å². The number of nitrogens with zero attached hydrogens (tertiary/aromatic N) is 4. The summed E-state index contributed by atoms with van der Waals surface area (Å²) in [6.45, 7) is 3.45. The van der Waals surface area contributed by atoms with E-state index in [4.69, 9.17) is 0 Å². The summed E-state index contributed by atoms with van der Waals surface area (Å²) in [6.07, 6.45) is 2.75. The molecule has 0 radical (unpaired) electrons. The summed E-state index contributed by atoms with van der Waals surface area (Å²) in [4.78, 5) is 0. The molecule has 0 spiro atoms. The lowest BCUT2D eigenvalue weighted by atomic mass is 10.3. The van der Waals surface area contributed by atoms with E-state index >= 15 is 0 Å². The van der Waals surface area contributed by atoms with Gasteiger partial charge in [-0.1, -0.05) is 10.3 Å². The fourth-order valence-corrected chi connectivity index (χ4v) is 1.48. The SMILES string of the molecule is Cc1nonc1CNCCc1ccnn1C. The third-order valence-electron chi connectivity index (χ3n) is 2.52. The maximum absolute atomic E-state index is 4.61. The molecule has 6 nitrogen and oxygen atoms in total. The summed E-state index contributed by atoms with van der Waals surface area (Å²) in [5.74, 6) is 0. The highest BCUT2D eigenvalue weighted by atomic mass is 16.6. The van der Waals surface area contributed by atoms with Gasteiger partial charge in [-0.25, -0.2) is 4.63 Å². The van der Waals surface area contributed by atoms with Gasteiger partial charge in [-0.2, -0.15) is 5.10 Å². The molecule has 6 heteroatoms. The quantitative estimate of drug-likeness (QED) is 0.742. The Morgan fingerprint density at radius 3 is 2.94 bits per heavy atom. The van der Waals surface area contributed by atoms with Gasteiger partial charge >= 0.3 is 0 Å². The van der Waals surface area contributed by atoms with Gasteiger partial charge in [0.05, 0.1) is 0 Å². The van der Waals surface area contributed by atoms with Gasteiger partial charge in [0.2, 0.25) is 0 Å². The topological polar surface area (TPSA) is 68.8 Å². The molecule has 2 aromatic rings. The van der Waals surface area contributed by atoms with Gasteiger partial charge in [-0.05, 0) is 13.0 Å². The monoisotopic (exact) mass is 221 g/mol. The largest absolute Gasteiger partial charge is 0.311 e. The highest BCUT2D eigenvalue weighted by Crippen LogP contribution is 2.00. The van der Waals surface area contributed by atoms with Crippen LogP contribution in [0.15, 0.2) is 16.9 Å². The van der Waals surface area contributed by atoms with Gasteiger partial charge in [0, 0.05) is 38.4 Å². The first kappa shape index (κ1) is 10.8. The zero-order valence-electron chi connectivity index (χ0n) is 9.47. The molecule has 0 aliphatic carbocycles. The summed E-state index contributed by atoms with van der Waals surface area (Å²) in [5.41, 5.74) is 2.92. The van der Waals surface area contributed by atoms with Crippen LogP contribution < -0.4 is 5.32 Å². The van der Waals surface area contributed by atoms with Crippen molar-refractivity contribution in [3.63, 3.8) is 0 Å². The Hall–Kier alpha value is -1.69. The molecule has 0 aliphatic rings. The molecule has 0 amide bonds. The zero-order valence-corrected chi connectivity index (χ0v) is 9.47. The highest BCUT2D eigenvalue weighted by Gasteiger charge is 2.04. The number of hydrogen-bond acceptors (Lipinski definition) is 5. The van der Waals surface area contributed by atoms with Crippen molar-refractivity contribution in [3.8, 4) is 0 Å². The van der Waals surface area contributed by atoms with Crippen LogP contribution in [0.4, 0.5) is 0 Å². The lowest BCUT2D eigenvalue weighted by Gasteiger charge is -2.03. The molecule has 0 bridgehead atoms. The molecule has 2 aromatic heterocycles. The van der Waals surface area contributed by atoms with E-state index < -0.39 is 0 Å². The van der Waals surface area contributed by atoms with Gasteiger partial charge in [-0.3, -0.25) is 4.68 Å². The highest BCUT2D eigenvalue weighted by molar-refractivity contribution is 5.04. The Labute approximate surface area is 93.6 Å². The first-order chi connectivity index (χ1) is 7.77. The molecule has 0 aromatic carbocycles. The van der Waals surface area contributed by atoms with Crippen LogP contribution in [-0.4, -0.2) is 26.6 Å². The summed E-state index contributed by atoms with van der Waals surface area (Å²) in [5, 5.41) is 14.9. The maximum atomic E-state index is 4.61. The minimum absolute atomic E-state index is 0.688. The Bertz CT molecular complexity index is 405. The van der Waals surface area contributed by atoms with Crippen LogP contribution in [0.3, 0.4) is 0 Å². The van der Waals surface area contributed by atoms with Crippen molar-refractivity contribution < 1.29 is 4.63 Å². The summed E-state index contributed by atoms with van der Waals surface area (Å²) >= 11 is 0. The number of aromatic nitrogens is 4. The fraction of sp³-hybridized carbons (Fsp3) is 0.500. The fourth-order valence-electron chi connectivity index (χ4n) is 1.48. The van der Waals surface area contributed by atoms with Crippen molar-refractivity contribution >= 4 is 0 Å². The second-order valence-electron chi connectivity index (χ2n) is 3.67. The van der Waals surface area contributed by atoms with Gasteiger partial charge in [0.15, 0.2) is 0 Å². The Kier molecular flexibility index (Phi) is 3.31. The molecule has 86 valence electrons. The average molecular weight is 221 g/mol. The standard InChI is InChI=1S/C10H15N5O/c1-8-10(14-16-13-8)7-11-5-3-9-4-6-12-15(9)2/h4,6,11H,3,5,7H2,1-2H3. The van der Waals surface area contributed by atoms with E-state index in [-0.39, 0.29) is 0 Å². The van der Waals surface area contributed by atoms with Gasteiger partial charge < -0.3 is 5.32 Å². The lowest BCUT2D eigenvalue weighted by molar-refractivity contribution is 0.300. The number of nitrogens with one attached hydrogen (secondary N) is 1. The van der Waals surface area contributed by atoms with Crippen LogP contribution in [0.5, 0.6) is 0 Å². The Morgan fingerprint density at radius 2 is 2.31 bits per heavy atom. The molecule has 16 heavy (non-hydrogen) atoms. The van der Waals surface area contributed by atoms with E-state index in [1.807, 2.05) is 24.7 Å². The van der Waals surface area contributed by atoms with Crippen LogP contribution in [0, 0.1) is 6.92 Å². The normalized spacial score (nSPS) is 10.9. The molecule has 2 rings (SSSR count). The summed E-state index contributed by atoms with van der Waals surface area (Å²) < 4.78 is 6.49. The molecular formula is C10H15N5O. The number of hydrogen-bond donors (Lipinski definition) is 1. The van der Waals surface area contributed by atoms with E-state index in [2.05, 4.69) is 25.4 Å². The summed E-state index contributed by atoms with van der Waals surface area (Å²) in [6, 6.07) is 2.02. The molecule has 1 N–H and O–H groups in total. The zero-order chi connectivity index (χ0) is 11.4. The minimum atomic E-state index is 0.688. The maximum Gasteiger partial charge on any atom is 0.121 e. The van der Waals surface area contributed by atoms with Gasteiger partial charge in [0.25, 0.3) is 0 Å². The molecule has 0 unspecified atom stereocenters. The van der Waals surface area contributed by atoms with Crippen LogP contribution in [0.2, 0.25) is 0 Å². The van der Waals surface area contributed by atoms with Crippen LogP contribution >= 0.6 is 0 Å². The predicted molar refractivity (Wildman–Crippen MR) is 57.7 cm³/mol. The summed E-state index contributed by atoms with van der Waals surface area (Å²) in [7, 11) is 1.95. The predicted octanol–water partition coefficient (Wildman–Crippen LogP) is 0.444. The first-order valence-corrected chi connectivity index (χ1v) is 5.23. The third kappa shape index (κ3) is 2.46. The molecule has 0 atom stereocenters. The van der Waals surface area contributed by atoms with E-state index in [1.54, 1.807) is 6.20 Å². The van der Waals surface area contributed by atoms with E-state index in [1.165, 1.54) is 5.69 Å². The van der Waals surface area contributed by atoms with Crippen molar-refractivity contribution in [3.05, 3.63) is 29.3 Å². The molecular weight excluding hydrogens is 206 g/mol. The van der Waals surface area contributed by atoms with Gasteiger partial charge in [-0.15, -0.1) is 0 Å². The van der Waals surface area contributed by atoms with Crippen molar-refractivity contribution in [2.24, 2.45) is 7.05 Å². The second-order valence-corrected chi connectivity index (χ2v) is 3.67. The van der Waals surface area contributed by atoms with E-state index in [0.29, 0.717) is 6.54 Å². The van der Waals surface area contributed by atoms with E-state index in [0.717, 1.165) is 24.4 Å². The lowest BCUT2D eigenvalue weighted by Crippen LogP contribution is -2.18. The molecule has 2 heterocycles. The van der Waals surface area contributed by atoms with Crippen molar-refractivity contribution in [2.75, 3.05) is 6.54 Å². The molecule has 0 aliphatic heterocycles. The van der Waals surface area contributed by atoms with Crippen LogP contribution in [0.1, 0.15) is 17.1 Å². The first-order valence-electron chi connectivity index (χ1n) is 5.23. The smallest absolute Gasteiger partial charge is 0.121 e. The van der Waals surface area contributed by atoms with Crippen molar-refractivity contribution in [1.82, 2.24) is 25.4 Å². The number of aryl methyl sites for hydroxylation is 2. The van der Waals surface area contributed by atoms with E-state index in [9.17, 15) is 0 Å². The second kappa shape index (κ2) is 4.89. The molecule has 0 saturated carbocycles. The molecule has 0 fully saturated rings. The third-order valence-corrected chi connectivity index (χ3v) is 2.52. The Morgan fingerprint density at radius 1 is 1.44 bits per heavy atom. The van der Waals surface area contributed by atoms with Gasteiger partial charge in [0.1, 0.15) is 11.4 Å². The Balaban J connectivity index is 1.74. The number of rotatable bonds is 5. The van der Waals surface area contributed by atoms with Crippen LogP contribution in [-0.2, 0) is 20.0 Å². The molecule has 0 saturated heterocycles. The average Bonchev–Trinajstić information content (AvgIpc) is 2.84.